The fraction of sp³-hybridized carbons (Fsp3) is 0.200. The van der Waals surface area contributed by atoms with Gasteiger partial charge in [-0.2, -0.15) is 0 Å². The Balaban J connectivity index is 2.02. The van der Waals surface area contributed by atoms with Crippen LogP contribution in [-0.2, 0) is 11.3 Å². The SMILES string of the molecule is CC(C)NC(=O)Cn1cc(-c2ccc(O)cc2)nc1-c1cccc(Cl)c1. The second kappa shape index (κ2) is 7.62. The van der Waals surface area contributed by atoms with Crippen LogP contribution in [0, 0.1) is 0 Å². The van der Waals surface area contributed by atoms with Gasteiger partial charge in [0.25, 0.3) is 0 Å². The van der Waals surface area contributed by atoms with Crippen LogP contribution in [0.1, 0.15) is 13.8 Å². The Hall–Kier alpha value is -2.79. The number of aromatic nitrogens is 2. The highest BCUT2D eigenvalue weighted by Crippen LogP contribution is 2.27. The van der Waals surface area contributed by atoms with Crippen LogP contribution in [0.15, 0.2) is 54.7 Å². The number of aromatic hydroxyl groups is 1. The third-order valence-electron chi connectivity index (χ3n) is 3.79. The van der Waals surface area contributed by atoms with E-state index < -0.39 is 0 Å². The lowest BCUT2D eigenvalue weighted by atomic mass is 10.1. The summed E-state index contributed by atoms with van der Waals surface area (Å²) in [6.07, 6.45) is 1.84. The summed E-state index contributed by atoms with van der Waals surface area (Å²) in [5.41, 5.74) is 2.41. The summed E-state index contributed by atoms with van der Waals surface area (Å²) < 4.78 is 1.81. The van der Waals surface area contributed by atoms with E-state index in [2.05, 4.69) is 5.32 Å². The number of hydrogen-bond acceptors (Lipinski definition) is 3. The van der Waals surface area contributed by atoms with Gasteiger partial charge in [0.1, 0.15) is 18.1 Å². The van der Waals surface area contributed by atoms with Crippen molar-refractivity contribution >= 4 is 17.5 Å². The van der Waals surface area contributed by atoms with Gasteiger partial charge in [-0.25, -0.2) is 4.98 Å². The molecule has 2 aromatic carbocycles. The summed E-state index contributed by atoms with van der Waals surface area (Å²) in [6.45, 7) is 4.00. The fourth-order valence-corrected chi connectivity index (χ4v) is 2.88. The molecule has 2 N–H and O–H groups in total. The Morgan fingerprint density at radius 1 is 1.19 bits per heavy atom. The molecule has 0 radical (unpaired) electrons. The molecule has 0 aliphatic rings. The Morgan fingerprint density at radius 3 is 2.58 bits per heavy atom. The van der Waals surface area contributed by atoms with Gasteiger partial charge in [-0.3, -0.25) is 4.79 Å². The lowest BCUT2D eigenvalue weighted by molar-refractivity contribution is -0.122. The number of halogens is 1. The van der Waals surface area contributed by atoms with Gasteiger partial charge in [0, 0.05) is 28.4 Å². The molecule has 1 aromatic heterocycles. The molecule has 0 unspecified atom stereocenters. The molecule has 0 saturated heterocycles. The summed E-state index contributed by atoms with van der Waals surface area (Å²) in [7, 11) is 0. The molecule has 1 heterocycles. The molecule has 26 heavy (non-hydrogen) atoms. The van der Waals surface area contributed by atoms with Crippen LogP contribution in [-0.4, -0.2) is 26.6 Å². The Morgan fingerprint density at radius 2 is 1.92 bits per heavy atom. The van der Waals surface area contributed by atoms with Crippen molar-refractivity contribution in [2.45, 2.75) is 26.4 Å². The van der Waals surface area contributed by atoms with Crippen LogP contribution in [0.4, 0.5) is 0 Å². The number of nitrogens with zero attached hydrogens (tertiary/aromatic N) is 2. The molecule has 0 aliphatic carbocycles. The average Bonchev–Trinajstić information content (AvgIpc) is 2.98. The van der Waals surface area contributed by atoms with Crippen molar-refractivity contribution < 1.29 is 9.90 Å². The summed E-state index contributed by atoms with van der Waals surface area (Å²) in [6, 6.07) is 14.2. The molecule has 1 amide bonds. The van der Waals surface area contributed by atoms with Crippen molar-refractivity contribution in [3.63, 3.8) is 0 Å². The summed E-state index contributed by atoms with van der Waals surface area (Å²) >= 11 is 6.12. The summed E-state index contributed by atoms with van der Waals surface area (Å²) in [4.78, 5) is 16.9. The van der Waals surface area contributed by atoms with Gasteiger partial charge < -0.3 is 15.0 Å². The largest absolute Gasteiger partial charge is 0.508 e. The van der Waals surface area contributed by atoms with E-state index in [4.69, 9.17) is 16.6 Å². The number of hydrogen-bond donors (Lipinski definition) is 2. The minimum Gasteiger partial charge on any atom is -0.508 e. The second-order valence-corrected chi connectivity index (χ2v) is 6.79. The second-order valence-electron chi connectivity index (χ2n) is 6.36. The van der Waals surface area contributed by atoms with Crippen molar-refractivity contribution in [2.24, 2.45) is 0 Å². The molecule has 0 spiro atoms. The van der Waals surface area contributed by atoms with Crippen LogP contribution in [0.3, 0.4) is 0 Å². The maximum atomic E-state index is 12.2. The quantitative estimate of drug-likeness (QED) is 0.711. The van der Waals surface area contributed by atoms with E-state index in [0.29, 0.717) is 10.8 Å². The topological polar surface area (TPSA) is 67.2 Å². The number of benzene rings is 2. The van der Waals surface area contributed by atoms with E-state index in [1.54, 1.807) is 30.3 Å². The number of amides is 1. The standard InChI is InChI=1S/C20H20ClN3O2/c1-13(2)22-19(26)12-24-11-18(14-6-8-17(25)9-7-14)23-20(24)15-4-3-5-16(21)10-15/h3-11,13,25H,12H2,1-2H3,(H,22,26). The molecule has 3 rings (SSSR count). The lowest BCUT2D eigenvalue weighted by Crippen LogP contribution is -2.33. The fourth-order valence-electron chi connectivity index (χ4n) is 2.69. The molecular formula is C20H20ClN3O2. The number of imidazole rings is 1. The van der Waals surface area contributed by atoms with Crippen molar-refractivity contribution in [3.8, 4) is 28.4 Å². The van der Waals surface area contributed by atoms with Crippen LogP contribution < -0.4 is 5.32 Å². The zero-order valence-electron chi connectivity index (χ0n) is 14.6. The van der Waals surface area contributed by atoms with Crippen LogP contribution in [0.25, 0.3) is 22.6 Å². The van der Waals surface area contributed by atoms with Gasteiger partial charge in [0.15, 0.2) is 0 Å². The summed E-state index contributed by atoms with van der Waals surface area (Å²) in [5, 5.41) is 13.0. The van der Waals surface area contributed by atoms with Gasteiger partial charge in [-0.1, -0.05) is 23.7 Å². The third-order valence-corrected chi connectivity index (χ3v) is 4.02. The normalized spacial score (nSPS) is 10.9. The predicted octanol–water partition coefficient (Wildman–Crippen LogP) is 4.10. The summed E-state index contributed by atoms with van der Waals surface area (Å²) in [5.74, 6) is 0.770. The number of nitrogens with one attached hydrogen (secondary N) is 1. The molecule has 6 heteroatoms. The number of carbonyl (C=O) groups excluding carboxylic acids is 1. The van der Waals surface area contributed by atoms with Gasteiger partial charge >= 0.3 is 0 Å². The average molecular weight is 370 g/mol. The van der Waals surface area contributed by atoms with Gasteiger partial charge in [0.05, 0.1) is 5.69 Å². The highest BCUT2D eigenvalue weighted by Gasteiger charge is 2.15. The van der Waals surface area contributed by atoms with Gasteiger partial charge in [0.2, 0.25) is 5.91 Å². The van der Waals surface area contributed by atoms with Crippen LogP contribution >= 0.6 is 11.6 Å². The molecule has 0 atom stereocenters. The van der Waals surface area contributed by atoms with Gasteiger partial charge in [-0.05, 0) is 50.2 Å². The molecule has 3 aromatic rings. The van der Waals surface area contributed by atoms with Gasteiger partial charge in [-0.15, -0.1) is 0 Å². The molecule has 5 nitrogen and oxygen atoms in total. The van der Waals surface area contributed by atoms with Crippen LogP contribution in [0.2, 0.25) is 5.02 Å². The first kappa shape index (κ1) is 18.0. The van der Waals surface area contributed by atoms with Crippen LogP contribution in [0.5, 0.6) is 5.75 Å². The van der Waals surface area contributed by atoms with Crippen molar-refractivity contribution in [3.05, 3.63) is 59.8 Å². The highest BCUT2D eigenvalue weighted by molar-refractivity contribution is 6.30. The smallest absolute Gasteiger partial charge is 0.240 e. The number of phenols is 1. The highest BCUT2D eigenvalue weighted by atomic mass is 35.5. The first-order valence-corrected chi connectivity index (χ1v) is 8.72. The van der Waals surface area contributed by atoms with E-state index in [9.17, 15) is 9.90 Å². The monoisotopic (exact) mass is 369 g/mol. The molecule has 0 aliphatic heterocycles. The van der Waals surface area contributed by atoms with E-state index in [1.807, 2.05) is 42.8 Å². The van der Waals surface area contributed by atoms with E-state index in [-0.39, 0.29) is 24.2 Å². The van der Waals surface area contributed by atoms with Crippen molar-refractivity contribution in [2.75, 3.05) is 0 Å². The maximum Gasteiger partial charge on any atom is 0.240 e. The first-order valence-electron chi connectivity index (χ1n) is 8.34. The van der Waals surface area contributed by atoms with Crippen molar-refractivity contribution in [1.82, 2.24) is 14.9 Å². The number of rotatable bonds is 5. The first-order chi connectivity index (χ1) is 12.4. The van der Waals surface area contributed by atoms with E-state index in [0.717, 1.165) is 16.8 Å². The maximum absolute atomic E-state index is 12.2. The molecule has 0 saturated carbocycles. The Bertz CT molecular complexity index is 917. The zero-order valence-corrected chi connectivity index (χ0v) is 15.4. The predicted molar refractivity (Wildman–Crippen MR) is 103 cm³/mol. The van der Waals surface area contributed by atoms with E-state index >= 15 is 0 Å². The number of carbonyl (C=O) groups is 1. The molecule has 0 fully saturated rings. The Labute approximate surface area is 157 Å². The molecule has 0 bridgehead atoms. The number of phenolic OH excluding ortho intramolecular Hbond substituents is 1. The Kier molecular flexibility index (Phi) is 5.28. The minimum absolute atomic E-state index is 0.0669. The van der Waals surface area contributed by atoms with E-state index in [1.165, 1.54) is 0 Å². The third kappa shape index (κ3) is 4.24. The lowest BCUT2D eigenvalue weighted by Gasteiger charge is -2.11. The molecular weight excluding hydrogens is 350 g/mol. The zero-order chi connectivity index (χ0) is 18.7. The minimum atomic E-state index is -0.0852. The molecule has 134 valence electrons. The van der Waals surface area contributed by atoms with Crippen molar-refractivity contribution in [1.29, 1.82) is 0 Å².